The molecular weight excluding hydrogens is 179 g/mol. The molecule has 72 valence electrons. The molecule has 1 atom stereocenters. The van der Waals surface area contributed by atoms with Crippen LogP contribution in [0.4, 0.5) is 4.39 Å². The summed E-state index contributed by atoms with van der Waals surface area (Å²) in [5.74, 6) is -1.20. The molecular formula is C7H9FN2O3. The highest BCUT2D eigenvalue weighted by atomic mass is 19.1. The number of halogens is 1. The van der Waals surface area contributed by atoms with E-state index < -0.39 is 18.0 Å². The second kappa shape index (κ2) is 3.97. The Morgan fingerprint density at radius 2 is 2.54 bits per heavy atom. The third-order valence-corrected chi connectivity index (χ3v) is 1.39. The largest absolute Gasteiger partial charge is 0.510 e. The molecule has 0 aliphatic carbocycles. The van der Waals surface area contributed by atoms with E-state index in [0.29, 0.717) is 0 Å². The molecule has 0 bridgehead atoms. The van der Waals surface area contributed by atoms with Gasteiger partial charge in [0.25, 0.3) is 0 Å². The fourth-order valence-corrected chi connectivity index (χ4v) is 0.833. The molecule has 1 heterocycles. The van der Waals surface area contributed by atoms with Gasteiger partial charge in [0.2, 0.25) is 12.0 Å². The number of azo groups is 1. The monoisotopic (exact) mass is 188 g/mol. The molecule has 0 amide bonds. The third kappa shape index (κ3) is 2.24. The standard InChI is InChI=1S/C7H9FN2O3/c1-2-13-7(12)6-4(11)3-5(8)9-10-6/h5,11H,2-3H2,1H3. The van der Waals surface area contributed by atoms with Crippen LogP contribution in [0, 0.1) is 0 Å². The van der Waals surface area contributed by atoms with Gasteiger partial charge in [-0.1, -0.05) is 0 Å². The van der Waals surface area contributed by atoms with Crippen LogP contribution < -0.4 is 0 Å². The van der Waals surface area contributed by atoms with Crippen LogP contribution in [-0.4, -0.2) is 24.0 Å². The van der Waals surface area contributed by atoms with E-state index in [-0.39, 0.29) is 18.7 Å². The van der Waals surface area contributed by atoms with Crippen LogP contribution >= 0.6 is 0 Å². The fraction of sp³-hybridized carbons (Fsp3) is 0.571. The van der Waals surface area contributed by atoms with Crippen molar-refractivity contribution in [3.63, 3.8) is 0 Å². The summed E-state index contributed by atoms with van der Waals surface area (Å²) in [6.45, 7) is 1.79. The molecule has 6 heteroatoms. The molecule has 0 aromatic heterocycles. The van der Waals surface area contributed by atoms with E-state index >= 15 is 0 Å². The minimum atomic E-state index is -1.57. The summed E-state index contributed by atoms with van der Waals surface area (Å²) in [7, 11) is 0. The van der Waals surface area contributed by atoms with Crippen molar-refractivity contribution in [2.24, 2.45) is 10.2 Å². The number of esters is 1. The van der Waals surface area contributed by atoms with E-state index in [1.807, 2.05) is 0 Å². The van der Waals surface area contributed by atoms with Gasteiger partial charge < -0.3 is 9.84 Å². The summed E-state index contributed by atoms with van der Waals surface area (Å²) in [5, 5.41) is 15.4. The zero-order valence-corrected chi connectivity index (χ0v) is 7.03. The molecule has 1 N–H and O–H groups in total. The first-order chi connectivity index (χ1) is 6.15. The van der Waals surface area contributed by atoms with Gasteiger partial charge in [-0.15, -0.1) is 10.2 Å². The first-order valence-corrected chi connectivity index (χ1v) is 3.79. The van der Waals surface area contributed by atoms with E-state index in [2.05, 4.69) is 15.0 Å². The predicted octanol–water partition coefficient (Wildman–Crippen LogP) is 1.47. The van der Waals surface area contributed by atoms with Gasteiger partial charge in [0.15, 0.2) is 0 Å². The van der Waals surface area contributed by atoms with Gasteiger partial charge in [0, 0.05) is 0 Å². The zero-order valence-electron chi connectivity index (χ0n) is 7.03. The molecule has 5 nitrogen and oxygen atoms in total. The van der Waals surface area contributed by atoms with Crippen LogP contribution in [-0.2, 0) is 9.53 Å². The minimum absolute atomic E-state index is 0.171. The maximum Gasteiger partial charge on any atom is 0.362 e. The molecule has 13 heavy (non-hydrogen) atoms. The summed E-state index contributed by atoms with van der Waals surface area (Å²) in [4.78, 5) is 11.0. The van der Waals surface area contributed by atoms with Gasteiger partial charge in [-0.2, -0.15) is 0 Å². The van der Waals surface area contributed by atoms with Crippen molar-refractivity contribution in [2.75, 3.05) is 6.61 Å². The Hall–Kier alpha value is -1.46. The van der Waals surface area contributed by atoms with E-state index in [1.165, 1.54) is 0 Å². The normalized spacial score (nSPS) is 21.8. The Labute approximate surface area is 73.9 Å². The molecule has 1 aliphatic heterocycles. The summed E-state index contributed by atoms with van der Waals surface area (Å²) in [5.41, 5.74) is -0.309. The van der Waals surface area contributed by atoms with Gasteiger partial charge in [-0.05, 0) is 6.92 Å². The lowest BCUT2D eigenvalue weighted by molar-refractivity contribution is -0.138. The second-order valence-electron chi connectivity index (χ2n) is 2.37. The molecule has 0 saturated heterocycles. The lowest BCUT2D eigenvalue weighted by Crippen LogP contribution is -2.13. The maximum absolute atomic E-state index is 12.4. The number of rotatable bonds is 2. The van der Waals surface area contributed by atoms with Gasteiger partial charge in [0.1, 0.15) is 5.76 Å². The number of carbonyl (C=O) groups excluding carboxylic acids is 1. The van der Waals surface area contributed by atoms with E-state index in [9.17, 15) is 9.18 Å². The second-order valence-corrected chi connectivity index (χ2v) is 2.37. The number of ether oxygens (including phenoxy) is 1. The van der Waals surface area contributed by atoms with Crippen LogP contribution in [0.5, 0.6) is 0 Å². The molecule has 1 aliphatic rings. The topological polar surface area (TPSA) is 71.2 Å². The highest BCUT2D eigenvalue weighted by Gasteiger charge is 2.23. The molecule has 0 aromatic rings. The number of carbonyl (C=O) groups is 1. The van der Waals surface area contributed by atoms with Crippen molar-refractivity contribution >= 4 is 5.97 Å². The summed E-state index contributed by atoms with van der Waals surface area (Å²) < 4.78 is 17.0. The highest BCUT2D eigenvalue weighted by molar-refractivity contribution is 5.88. The van der Waals surface area contributed by atoms with Crippen LogP contribution in [0.3, 0.4) is 0 Å². The smallest absolute Gasteiger partial charge is 0.362 e. The number of aliphatic hydroxyl groups is 1. The predicted molar refractivity (Wildman–Crippen MR) is 40.7 cm³/mol. The SMILES string of the molecule is CCOC(=O)C1=C(O)CC(F)N=N1. The van der Waals surface area contributed by atoms with Gasteiger partial charge in [-0.3, -0.25) is 0 Å². The Balaban J connectivity index is 2.75. The van der Waals surface area contributed by atoms with E-state index in [1.54, 1.807) is 6.92 Å². The molecule has 0 aromatic carbocycles. The third-order valence-electron chi connectivity index (χ3n) is 1.39. The Morgan fingerprint density at radius 1 is 1.85 bits per heavy atom. The zero-order chi connectivity index (χ0) is 9.84. The van der Waals surface area contributed by atoms with Crippen molar-refractivity contribution in [1.29, 1.82) is 0 Å². The number of nitrogens with zero attached hydrogens (tertiary/aromatic N) is 2. The van der Waals surface area contributed by atoms with Crippen molar-refractivity contribution in [1.82, 2.24) is 0 Å². The first kappa shape index (κ1) is 9.63. The minimum Gasteiger partial charge on any atom is -0.510 e. The number of hydrogen-bond acceptors (Lipinski definition) is 5. The maximum atomic E-state index is 12.4. The molecule has 0 spiro atoms. The molecule has 0 fully saturated rings. The Kier molecular flexibility index (Phi) is 2.94. The quantitative estimate of drug-likeness (QED) is 0.526. The molecule has 1 unspecified atom stereocenters. The van der Waals surface area contributed by atoms with Crippen molar-refractivity contribution < 1.29 is 19.0 Å². The summed E-state index contributed by atoms with van der Waals surface area (Å²) >= 11 is 0. The lowest BCUT2D eigenvalue weighted by Gasteiger charge is -2.10. The van der Waals surface area contributed by atoms with Crippen LogP contribution in [0.1, 0.15) is 13.3 Å². The lowest BCUT2D eigenvalue weighted by atomic mass is 10.2. The average Bonchev–Trinajstić information content (AvgIpc) is 2.04. The number of hydrogen-bond donors (Lipinski definition) is 1. The van der Waals surface area contributed by atoms with E-state index in [0.717, 1.165) is 0 Å². The fourth-order valence-electron chi connectivity index (χ4n) is 0.833. The van der Waals surface area contributed by atoms with Crippen molar-refractivity contribution in [2.45, 2.75) is 19.6 Å². The molecule has 1 rings (SSSR count). The number of alkyl halides is 1. The molecule has 0 saturated carbocycles. The Bertz CT molecular complexity index is 275. The number of aliphatic hydroxyl groups excluding tert-OH is 1. The van der Waals surface area contributed by atoms with Crippen molar-refractivity contribution in [3.05, 3.63) is 11.5 Å². The Morgan fingerprint density at radius 3 is 3.08 bits per heavy atom. The van der Waals surface area contributed by atoms with Gasteiger partial charge >= 0.3 is 5.97 Å². The van der Waals surface area contributed by atoms with Crippen LogP contribution in [0.2, 0.25) is 0 Å². The first-order valence-electron chi connectivity index (χ1n) is 3.79. The van der Waals surface area contributed by atoms with Gasteiger partial charge in [0.05, 0.1) is 13.0 Å². The summed E-state index contributed by atoms with van der Waals surface area (Å²) in [6, 6.07) is 0. The van der Waals surface area contributed by atoms with Crippen molar-refractivity contribution in [3.8, 4) is 0 Å². The average molecular weight is 188 g/mol. The van der Waals surface area contributed by atoms with E-state index in [4.69, 9.17) is 5.11 Å². The van der Waals surface area contributed by atoms with Gasteiger partial charge in [-0.25, -0.2) is 9.18 Å². The van der Waals surface area contributed by atoms with Crippen LogP contribution in [0.25, 0.3) is 0 Å². The molecule has 0 radical (unpaired) electrons. The van der Waals surface area contributed by atoms with Crippen LogP contribution in [0.15, 0.2) is 21.7 Å². The summed E-state index contributed by atoms with van der Waals surface area (Å²) in [6.07, 6.45) is -1.89. The highest BCUT2D eigenvalue weighted by Crippen LogP contribution is 2.20.